The van der Waals surface area contributed by atoms with Crippen molar-refractivity contribution in [1.82, 2.24) is 9.97 Å². The number of halogens is 1. The minimum Gasteiger partial charge on any atom is -0.340 e. The summed E-state index contributed by atoms with van der Waals surface area (Å²) in [6.45, 7) is 0. The highest BCUT2D eigenvalue weighted by Crippen LogP contribution is 2.27. The number of benzene rings is 2. The molecular weight excluding hydrogens is 432 g/mol. The lowest BCUT2D eigenvalue weighted by molar-refractivity contribution is -0.115. The van der Waals surface area contributed by atoms with Crippen molar-refractivity contribution in [2.24, 2.45) is 0 Å². The molecule has 0 aliphatic carbocycles. The van der Waals surface area contributed by atoms with E-state index in [1.165, 1.54) is 6.33 Å². The van der Waals surface area contributed by atoms with Crippen LogP contribution in [0.1, 0.15) is 6.42 Å². The van der Waals surface area contributed by atoms with E-state index in [-0.39, 0.29) is 5.91 Å². The Hall–Kier alpha value is -1.77. The molecule has 8 heteroatoms. The molecule has 0 radical (unpaired) electrons. The van der Waals surface area contributed by atoms with Crippen molar-refractivity contribution in [1.29, 1.82) is 0 Å². The summed E-state index contributed by atoms with van der Waals surface area (Å²) in [5, 5.41) is 7.10. The van der Waals surface area contributed by atoms with Crippen molar-refractivity contribution in [3.8, 4) is 0 Å². The lowest BCUT2D eigenvalue weighted by atomic mass is 10.2. The molecule has 0 aliphatic rings. The van der Waals surface area contributed by atoms with Crippen LogP contribution in [-0.2, 0) is 4.79 Å². The molecule has 3 aromatic rings. The van der Waals surface area contributed by atoms with Gasteiger partial charge in [0.2, 0.25) is 5.91 Å². The van der Waals surface area contributed by atoms with Crippen LogP contribution in [0.3, 0.4) is 0 Å². The largest absolute Gasteiger partial charge is 0.340 e. The van der Waals surface area contributed by atoms with Gasteiger partial charge in [-0.1, -0.05) is 43.6 Å². The Kier molecular flexibility index (Phi) is 6.76. The predicted molar refractivity (Wildman–Crippen MR) is 116 cm³/mol. The molecule has 1 amide bonds. The highest BCUT2D eigenvalue weighted by molar-refractivity contribution is 9.10. The lowest BCUT2D eigenvalue weighted by Crippen LogP contribution is -2.12. The highest BCUT2D eigenvalue weighted by atomic mass is 79.9. The second-order valence-corrected chi connectivity index (χ2v) is 8.98. The second-order valence-electron chi connectivity index (χ2n) is 5.38. The molecule has 0 atom stereocenters. The third-order valence-corrected chi connectivity index (χ3v) is 5.84. The van der Waals surface area contributed by atoms with Crippen LogP contribution in [0.2, 0.25) is 0 Å². The SMILES string of the molecule is CSSCCC(=O)Nc1ccc2ncnc(Nc3cccc(Br)c3)c2c1. The summed E-state index contributed by atoms with van der Waals surface area (Å²) in [4.78, 5) is 20.7. The van der Waals surface area contributed by atoms with Gasteiger partial charge in [-0.2, -0.15) is 0 Å². The molecule has 1 aromatic heterocycles. The first kappa shape index (κ1) is 19.0. The summed E-state index contributed by atoms with van der Waals surface area (Å²) in [5.74, 6) is 1.49. The molecule has 3 rings (SSSR count). The van der Waals surface area contributed by atoms with Crippen molar-refractivity contribution in [3.63, 3.8) is 0 Å². The highest BCUT2D eigenvalue weighted by Gasteiger charge is 2.08. The van der Waals surface area contributed by atoms with Crippen LogP contribution in [0.25, 0.3) is 10.9 Å². The maximum absolute atomic E-state index is 12.1. The van der Waals surface area contributed by atoms with E-state index in [1.807, 2.05) is 48.7 Å². The monoisotopic (exact) mass is 448 g/mol. The van der Waals surface area contributed by atoms with Gasteiger partial charge in [0.15, 0.2) is 0 Å². The number of carbonyl (C=O) groups excluding carboxylic acids is 1. The molecule has 5 nitrogen and oxygen atoms in total. The number of hydrogen-bond acceptors (Lipinski definition) is 6. The first-order valence-corrected chi connectivity index (χ1v) is 11.4. The zero-order valence-corrected chi connectivity index (χ0v) is 17.2. The number of hydrogen-bond donors (Lipinski definition) is 2. The molecule has 0 spiro atoms. The number of nitrogens with one attached hydrogen (secondary N) is 2. The fourth-order valence-corrected chi connectivity index (χ4v) is 3.96. The summed E-state index contributed by atoms with van der Waals surface area (Å²) in [7, 11) is 3.34. The van der Waals surface area contributed by atoms with Gasteiger partial charge in [-0.3, -0.25) is 4.79 Å². The average molecular weight is 449 g/mol. The Labute approximate surface area is 168 Å². The molecule has 0 bridgehead atoms. The molecule has 0 saturated heterocycles. The van der Waals surface area contributed by atoms with Crippen LogP contribution < -0.4 is 10.6 Å². The number of fused-ring (bicyclic) bond motifs is 1. The van der Waals surface area contributed by atoms with Gasteiger partial charge < -0.3 is 10.6 Å². The maximum atomic E-state index is 12.1. The van der Waals surface area contributed by atoms with Gasteiger partial charge in [0.25, 0.3) is 0 Å². The summed E-state index contributed by atoms with van der Waals surface area (Å²) in [6, 6.07) is 13.5. The first-order valence-electron chi connectivity index (χ1n) is 7.88. The van der Waals surface area contributed by atoms with E-state index in [0.717, 1.165) is 32.5 Å². The normalized spacial score (nSPS) is 10.7. The minimum absolute atomic E-state index is 0.00393. The second kappa shape index (κ2) is 9.25. The van der Waals surface area contributed by atoms with Crippen molar-refractivity contribution >= 4 is 71.5 Å². The van der Waals surface area contributed by atoms with Gasteiger partial charge in [0.1, 0.15) is 12.1 Å². The average Bonchev–Trinajstić information content (AvgIpc) is 2.62. The summed E-state index contributed by atoms with van der Waals surface area (Å²) in [5.41, 5.74) is 2.47. The Morgan fingerprint density at radius 2 is 2.04 bits per heavy atom. The van der Waals surface area contributed by atoms with Crippen LogP contribution >= 0.6 is 37.5 Å². The van der Waals surface area contributed by atoms with Crippen LogP contribution in [-0.4, -0.2) is 27.9 Å². The maximum Gasteiger partial charge on any atom is 0.225 e. The number of aromatic nitrogens is 2. The fraction of sp³-hybridized carbons (Fsp3) is 0.167. The van der Waals surface area contributed by atoms with E-state index >= 15 is 0 Å². The number of rotatable bonds is 7. The van der Waals surface area contributed by atoms with Gasteiger partial charge >= 0.3 is 0 Å². The topological polar surface area (TPSA) is 66.9 Å². The van der Waals surface area contributed by atoms with Crippen LogP contribution in [0, 0.1) is 0 Å². The summed E-state index contributed by atoms with van der Waals surface area (Å²) in [6.07, 6.45) is 4.02. The molecule has 0 unspecified atom stereocenters. The van der Waals surface area contributed by atoms with Gasteiger partial charge in [-0.25, -0.2) is 9.97 Å². The molecule has 134 valence electrons. The van der Waals surface area contributed by atoms with Crippen molar-refractivity contribution in [3.05, 3.63) is 53.3 Å². The Morgan fingerprint density at radius 3 is 2.85 bits per heavy atom. The van der Waals surface area contributed by atoms with E-state index in [9.17, 15) is 4.79 Å². The summed E-state index contributed by atoms with van der Waals surface area (Å²) < 4.78 is 0.983. The Bertz CT molecular complexity index is 923. The van der Waals surface area contributed by atoms with Crippen molar-refractivity contribution in [2.75, 3.05) is 22.6 Å². The van der Waals surface area contributed by atoms with E-state index in [1.54, 1.807) is 21.6 Å². The molecule has 26 heavy (non-hydrogen) atoms. The molecule has 0 saturated carbocycles. The van der Waals surface area contributed by atoms with E-state index < -0.39 is 0 Å². The van der Waals surface area contributed by atoms with E-state index in [0.29, 0.717) is 12.2 Å². The van der Waals surface area contributed by atoms with Gasteiger partial charge in [-0.05, 0) is 42.7 Å². The number of amides is 1. The Morgan fingerprint density at radius 1 is 1.15 bits per heavy atom. The quantitative estimate of drug-likeness (QED) is 0.368. The van der Waals surface area contributed by atoms with E-state index in [4.69, 9.17) is 0 Å². The van der Waals surface area contributed by atoms with Crippen LogP contribution in [0.15, 0.2) is 53.3 Å². The van der Waals surface area contributed by atoms with Crippen molar-refractivity contribution in [2.45, 2.75) is 6.42 Å². The number of nitrogens with zero attached hydrogens (tertiary/aromatic N) is 2. The molecule has 1 heterocycles. The van der Waals surface area contributed by atoms with Crippen LogP contribution in [0.4, 0.5) is 17.2 Å². The third kappa shape index (κ3) is 5.12. The molecule has 2 N–H and O–H groups in total. The molecular formula is C18H17BrN4OS2. The zero-order valence-electron chi connectivity index (χ0n) is 14.0. The van der Waals surface area contributed by atoms with Crippen LogP contribution in [0.5, 0.6) is 0 Å². The van der Waals surface area contributed by atoms with Gasteiger partial charge in [0.05, 0.1) is 5.52 Å². The molecule has 0 fully saturated rings. The molecule has 0 aliphatic heterocycles. The summed E-state index contributed by atoms with van der Waals surface area (Å²) >= 11 is 3.47. The Balaban J connectivity index is 1.82. The standard InChI is InChI=1S/C18H17BrN4OS2/c1-25-26-8-7-17(24)22-14-5-6-16-15(10-14)18(21-11-20-16)23-13-4-2-3-12(19)9-13/h2-6,9-11H,7-8H2,1H3,(H,22,24)(H,20,21,23). The van der Waals surface area contributed by atoms with Gasteiger partial charge in [0, 0.05) is 33.4 Å². The number of carbonyl (C=O) groups is 1. The van der Waals surface area contributed by atoms with Gasteiger partial charge in [-0.15, -0.1) is 0 Å². The lowest BCUT2D eigenvalue weighted by Gasteiger charge is -2.10. The smallest absolute Gasteiger partial charge is 0.225 e. The van der Waals surface area contributed by atoms with Crippen molar-refractivity contribution < 1.29 is 4.79 Å². The first-order chi connectivity index (χ1) is 12.7. The van der Waals surface area contributed by atoms with E-state index in [2.05, 4.69) is 36.5 Å². The molecule has 2 aromatic carbocycles. The zero-order chi connectivity index (χ0) is 18.4. The number of anilines is 3. The predicted octanol–water partition coefficient (Wildman–Crippen LogP) is 5.48. The third-order valence-electron chi connectivity index (χ3n) is 3.54. The fourth-order valence-electron chi connectivity index (χ4n) is 2.38. The minimum atomic E-state index is 0.00393.